The molecular weight excluding hydrogens is 248 g/mol. The number of rotatable bonds is 3. The van der Waals surface area contributed by atoms with Crippen molar-refractivity contribution in [2.75, 3.05) is 43.4 Å². The van der Waals surface area contributed by atoms with Crippen molar-refractivity contribution in [2.24, 2.45) is 5.92 Å². The summed E-state index contributed by atoms with van der Waals surface area (Å²) >= 11 is 0. The van der Waals surface area contributed by atoms with Gasteiger partial charge in [-0.05, 0) is 63.7 Å². The van der Waals surface area contributed by atoms with E-state index in [2.05, 4.69) is 14.8 Å². The summed E-state index contributed by atoms with van der Waals surface area (Å²) in [5.74, 6) is 1.85. The maximum Gasteiger partial charge on any atom is 0.152 e. The number of nitrogen functional groups attached to an aromatic ring is 1. The molecule has 2 fully saturated rings. The van der Waals surface area contributed by atoms with Crippen LogP contribution in [0.15, 0.2) is 12.1 Å². The van der Waals surface area contributed by atoms with Crippen LogP contribution in [0.2, 0.25) is 0 Å². The Labute approximate surface area is 122 Å². The second-order valence-corrected chi connectivity index (χ2v) is 6.30. The van der Waals surface area contributed by atoms with Crippen molar-refractivity contribution in [3.63, 3.8) is 0 Å². The molecule has 0 unspecified atom stereocenters. The van der Waals surface area contributed by atoms with Crippen molar-refractivity contribution >= 4 is 11.5 Å². The quantitative estimate of drug-likeness (QED) is 0.918. The summed E-state index contributed by atoms with van der Waals surface area (Å²) in [6, 6.07) is 3.97. The lowest BCUT2D eigenvalue weighted by molar-refractivity contribution is 0.249. The Bertz CT molecular complexity index is 446. The first-order chi connectivity index (χ1) is 9.72. The number of aryl methyl sites for hydroxylation is 1. The van der Waals surface area contributed by atoms with E-state index in [1.165, 1.54) is 45.3 Å². The van der Waals surface area contributed by atoms with E-state index in [-0.39, 0.29) is 0 Å². The zero-order valence-corrected chi connectivity index (χ0v) is 12.5. The first-order valence-electron chi connectivity index (χ1n) is 7.93. The molecule has 2 aliphatic heterocycles. The van der Waals surface area contributed by atoms with Crippen LogP contribution in [0.3, 0.4) is 0 Å². The minimum Gasteiger partial charge on any atom is -0.396 e. The van der Waals surface area contributed by atoms with Crippen molar-refractivity contribution in [3.05, 3.63) is 17.8 Å². The van der Waals surface area contributed by atoms with Gasteiger partial charge in [-0.25, -0.2) is 4.98 Å². The number of nitrogens with zero attached hydrogens (tertiary/aromatic N) is 3. The van der Waals surface area contributed by atoms with Gasteiger partial charge in [-0.2, -0.15) is 0 Å². The molecular formula is C16H26N4. The number of anilines is 2. The summed E-state index contributed by atoms with van der Waals surface area (Å²) in [6.07, 6.45) is 5.32. The molecule has 2 N–H and O–H groups in total. The van der Waals surface area contributed by atoms with Crippen molar-refractivity contribution < 1.29 is 0 Å². The van der Waals surface area contributed by atoms with Gasteiger partial charge in [0.15, 0.2) is 5.82 Å². The number of piperidine rings is 1. The molecule has 1 aromatic heterocycles. The predicted octanol–water partition coefficient (Wildman–Crippen LogP) is 2.28. The van der Waals surface area contributed by atoms with E-state index in [0.29, 0.717) is 0 Å². The van der Waals surface area contributed by atoms with E-state index in [9.17, 15) is 0 Å². The van der Waals surface area contributed by atoms with E-state index in [1.54, 1.807) is 0 Å². The fourth-order valence-corrected chi connectivity index (χ4v) is 3.46. The minimum atomic E-state index is 0.814. The van der Waals surface area contributed by atoms with Crippen LogP contribution >= 0.6 is 0 Å². The molecule has 110 valence electrons. The highest BCUT2D eigenvalue weighted by Gasteiger charge is 2.24. The van der Waals surface area contributed by atoms with Gasteiger partial charge in [0, 0.05) is 25.3 Å². The van der Waals surface area contributed by atoms with Crippen molar-refractivity contribution in [1.29, 1.82) is 0 Å². The SMILES string of the molecule is Cc1ccc(N)c(N2CCC(CN3CCCC3)CC2)n1. The van der Waals surface area contributed by atoms with E-state index in [0.717, 1.165) is 36.2 Å². The minimum absolute atomic E-state index is 0.814. The van der Waals surface area contributed by atoms with Gasteiger partial charge in [-0.15, -0.1) is 0 Å². The van der Waals surface area contributed by atoms with Crippen LogP contribution in [0, 0.1) is 12.8 Å². The molecule has 3 rings (SSSR count). The molecule has 2 saturated heterocycles. The molecule has 3 heterocycles. The topological polar surface area (TPSA) is 45.4 Å². The Morgan fingerprint density at radius 3 is 2.55 bits per heavy atom. The predicted molar refractivity (Wildman–Crippen MR) is 84.0 cm³/mol. The first-order valence-corrected chi connectivity index (χ1v) is 7.93. The van der Waals surface area contributed by atoms with Crippen LogP contribution in [0.4, 0.5) is 11.5 Å². The van der Waals surface area contributed by atoms with Crippen LogP contribution in [-0.4, -0.2) is 42.6 Å². The number of nitrogens with two attached hydrogens (primary N) is 1. The molecule has 0 aromatic carbocycles. The molecule has 20 heavy (non-hydrogen) atoms. The highest BCUT2D eigenvalue weighted by Crippen LogP contribution is 2.27. The lowest BCUT2D eigenvalue weighted by Crippen LogP contribution is -2.38. The zero-order chi connectivity index (χ0) is 13.9. The number of pyridine rings is 1. The van der Waals surface area contributed by atoms with Crippen LogP contribution in [0.25, 0.3) is 0 Å². The third kappa shape index (κ3) is 3.06. The molecule has 0 saturated carbocycles. The third-order valence-electron chi connectivity index (χ3n) is 4.67. The van der Waals surface area contributed by atoms with Gasteiger partial charge in [-0.1, -0.05) is 0 Å². The summed E-state index contributed by atoms with van der Waals surface area (Å²) in [4.78, 5) is 9.62. The lowest BCUT2D eigenvalue weighted by Gasteiger charge is -2.35. The highest BCUT2D eigenvalue weighted by atomic mass is 15.2. The molecule has 2 aliphatic rings. The Kier molecular flexibility index (Phi) is 4.10. The van der Waals surface area contributed by atoms with Gasteiger partial charge < -0.3 is 15.5 Å². The Morgan fingerprint density at radius 1 is 1.15 bits per heavy atom. The lowest BCUT2D eigenvalue weighted by atomic mass is 9.96. The van der Waals surface area contributed by atoms with Crippen LogP contribution in [0.5, 0.6) is 0 Å². The van der Waals surface area contributed by atoms with E-state index < -0.39 is 0 Å². The highest BCUT2D eigenvalue weighted by molar-refractivity contribution is 5.63. The van der Waals surface area contributed by atoms with E-state index in [1.807, 2.05) is 19.1 Å². The van der Waals surface area contributed by atoms with Crippen molar-refractivity contribution in [3.8, 4) is 0 Å². The summed E-state index contributed by atoms with van der Waals surface area (Å²) in [5.41, 5.74) is 7.94. The first kappa shape index (κ1) is 13.7. The van der Waals surface area contributed by atoms with Crippen molar-refractivity contribution in [2.45, 2.75) is 32.6 Å². The third-order valence-corrected chi connectivity index (χ3v) is 4.67. The summed E-state index contributed by atoms with van der Waals surface area (Å²) in [5, 5.41) is 0. The fraction of sp³-hybridized carbons (Fsp3) is 0.688. The van der Waals surface area contributed by atoms with Gasteiger partial charge in [0.25, 0.3) is 0 Å². The molecule has 0 radical (unpaired) electrons. The summed E-state index contributed by atoms with van der Waals surface area (Å²) in [7, 11) is 0. The Hall–Kier alpha value is -1.29. The van der Waals surface area contributed by atoms with Crippen LogP contribution < -0.4 is 10.6 Å². The second-order valence-electron chi connectivity index (χ2n) is 6.30. The van der Waals surface area contributed by atoms with Gasteiger partial charge in [0.2, 0.25) is 0 Å². The maximum absolute atomic E-state index is 6.07. The Morgan fingerprint density at radius 2 is 1.85 bits per heavy atom. The van der Waals surface area contributed by atoms with E-state index in [4.69, 9.17) is 5.73 Å². The van der Waals surface area contributed by atoms with E-state index >= 15 is 0 Å². The standard InChI is InChI=1S/C16H26N4/c1-13-4-5-15(17)16(18-13)20-10-6-14(7-11-20)12-19-8-2-3-9-19/h4-5,14H,2-3,6-12,17H2,1H3. The van der Waals surface area contributed by atoms with Crippen LogP contribution in [0.1, 0.15) is 31.4 Å². The largest absolute Gasteiger partial charge is 0.396 e. The average Bonchev–Trinajstić information content (AvgIpc) is 2.95. The Balaban J connectivity index is 1.56. The second kappa shape index (κ2) is 6.00. The number of aromatic nitrogens is 1. The molecule has 0 bridgehead atoms. The number of hydrogen-bond donors (Lipinski definition) is 1. The molecule has 4 heteroatoms. The number of likely N-dealkylation sites (tertiary alicyclic amines) is 1. The zero-order valence-electron chi connectivity index (χ0n) is 12.5. The average molecular weight is 274 g/mol. The summed E-state index contributed by atoms with van der Waals surface area (Å²) in [6.45, 7) is 8.14. The monoisotopic (exact) mass is 274 g/mol. The van der Waals surface area contributed by atoms with Gasteiger partial charge in [-0.3, -0.25) is 0 Å². The van der Waals surface area contributed by atoms with Crippen molar-refractivity contribution in [1.82, 2.24) is 9.88 Å². The number of hydrogen-bond acceptors (Lipinski definition) is 4. The molecule has 0 aliphatic carbocycles. The van der Waals surface area contributed by atoms with Gasteiger partial charge in [0.05, 0.1) is 5.69 Å². The maximum atomic E-state index is 6.07. The molecule has 0 amide bonds. The van der Waals surface area contributed by atoms with Gasteiger partial charge in [0.1, 0.15) is 0 Å². The molecule has 1 aromatic rings. The van der Waals surface area contributed by atoms with Gasteiger partial charge >= 0.3 is 0 Å². The molecule has 0 spiro atoms. The van der Waals surface area contributed by atoms with Crippen LogP contribution in [-0.2, 0) is 0 Å². The fourth-order valence-electron chi connectivity index (χ4n) is 3.46. The molecule has 4 nitrogen and oxygen atoms in total. The normalized spacial score (nSPS) is 21.6. The smallest absolute Gasteiger partial charge is 0.152 e. The summed E-state index contributed by atoms with van der Waals surface area (Å²) < 4.78 is 0. The molecule has 0 atom stereocenters.